The number of rotatable bonds is 6. The zero-order valence-corrected chi connectivity index (χ0v) is 18.4. The van der Waals surface area contributed by atoms with Crippen molar-refractivity contribution in [3.8, 4) is 17.6 Å². The molecule has 0 spiro atoms. The molecule has 0 unspecified atom stereocenters. The molecule has 0 aliphatic carbocycles. The van der Waals surface area contributed by atoms with Gasteiger partial charge in [0.05, 0.1) is 41.6 Å². The van der Waals surface area contributed by atoms with Crippen LogP contribution >= 0.6 is 11.6 Å². The number of carbonyl (C=O) groups is 2. The summed E-state index contributed by atoms with van der Waals surface area (Å²) >= 11 is 6.14. The van der Waals surface area contributed by atoms with Gasteiger partial charge in [0.25, 0.3) is 5.91 Å². The van der Waals surface area contributed by atoms with E-state index in [-0.39, 0.29) is 28.6 Å². The summed E-state index contributed by atoms with van der Waals surface area (Å²) in [5.41, 5.74) is 6.44. The van der Waals surface area contributed by atoms with E-state index in [0.29, 0.717) is 37.6 Å². The van der Waals surface area contributed by atoms with Crippen LogP contribution in [0.3, 0.4) is 0 Å². The number of hydrogen-bond donors (Lipinski definition) is 2. The van der Waals surface area contributed by atoms with Crippen molar-refractivity contribution in [1.29, 1.82) is 0 Å². The van der Waals surface area contributed by atoms with E-state index in [9.17, 15) is 9.59 Å². The van der Waals surface area contributed by atoms with Crippen molar-refractivity contribution >= 4 is 29.3 Å². The Kier molecular flexibility index (Phi) is 8.63. The van der Waals surface area contributed by atoms with Crippen molar-refractivity contribution in [2.75, 3.05) is 32.5 Å². The number of methoxy groups -OCH3 is 1. The van der Waals surface area contributed by atoms with Gasteiger partial charge in [-0.3, -0.25) is 4.79 Å². The molecular weight excluding hydrogens is 410 g/mol. The topological polar surface area (TPSA) is 103 Å². The standard InChI is InChI=1S/C21H28ClN3O5/c1-5-7-13(3)30-18-11-16(23)15(22)10-14(18)20(26)24-17-8-9-25(12-19(17)28-4)21(27)29-6-2/h10-11,13,17,19H,6,8-9,12,23H2,1-4H3,(H,24,26)/t13-,17-,19+/m0/s1. The highest BCUT2D eigenvalue weighted by Gasteiger charge is 2.34. The van der Waals surface area contributed by atoms with Gasteiger partial charge in [-0.25, -0.2) is 4.79 Å². The summed E-state index contributed by atoms with van der Waals surface area (Å²) in [6.45, 7) is 6.29. The van der Waals surface area contributed by atoms with E-state index in [4.69, 9.17) is 31.5 Å². The van der Waals surface area contributed by atoms with Gasteiger partial charge < -0.3 is 30.2 Å². The number of hydrogen-bond acceptors (Lipinski definition) is 6. The molecule has 8 nitrogen and oxygen atoms in total. The van der Waals surface area contributed by atoms with Crippen LogP contribution in [0.4, 0.5) is 10.5 Å². The average Bonchev–Trinajstić information content (AvgIpc) is 2.71. The van der Waals surface area contributed by atoms with E-state index in [1.54, 1.807) is 25.7 Å². The van der Waals surface area contributed by atoms with Crippen LogP contribution in [0.2, 0.25) is 5.02 Å². The first kappa shape index (κ1) is 23.6. The van der Waals surface area contributed by atoms with Crippen LogP contribution in [0.5, 0.6) is 5.75 Å². The molecule has 1 heterocycles. The Morgan fingerprint density at radius 3 is 2.80 bits per heavy atom. The molecule has 1 fully saturated rings. The first-order chi connectivity index (χ1) is 14.3. The Morgan fingerprint density at radius 2 is 2.17 bits per heavy atom. The third-order valence-electron chi connectivity index (χ3n) is 4.70. The van der Waals surface area contributed by atoms with E-state index in [2.05, 4.69) is 17.2 Å². The molecule has 0 aromatic heterocycles. The highest BCUT2D eigenvalue weighted by molar-refractivity contribution is 6.33. The number of anilines is 1. The number of likely N-dealkylation sites (tertiary alicyclic amines) is 1. The fourth-order valence-corrected chi connectivity index (χ4v) is 3.38. The Morgan fingerprint density at radius 1 is 1.43 bits per heavy atom. The summed E-state index contributed by atoms with van der Waals surface area (Å²) in [6, 6.07) is 2.69. The fraction of sp³-hybridized carbons (Fsp3) is 0.524. The Balaban J connectivity index is 2.17. The van der Waals surface area contributed by atoms with Crippen LogP contribution in [-0.4, -0.2) is 62.0 Å². The fourth-order valence-electron chi connectivity index (χ4n) is 3.21. The SMILES string of the molecule is CC#C[C@H](C)Oc1cc(N)c(Cl)cc1C(=O)N[C@H]1CCN(C(=O)OCC)C[C@H]1OC. The van der Waals surface area contributed by atoms with Gasteiger partial charge in [-0.15, -0.1) is 5.92 Å². The van der Waals surface area contributed by atoms with Gasteiger partial charge in [0.15, 0.2) is 6.10 Å². The van der Waals surface area contributed by atoms with Crippen LogP contribution in [-0.2, 0) is 9.47 Å². The summed E-state index contributed by atoms with van der Waals surface area (Å²) in [5, 5.41) is 3.21. The van der Waals surface area contributed by atoms with Crippen LogP contribution < -0.4 is 15.8 Å². The summed E-state index contributed by atoms with van der Waals surface area (Å²) in [4.78, 5) is 26.6. The molecule has 1 aliphatic rings. The van der Waals surface area contributed by atoms with Crippen molar-refractivity contribution in [3.63, 3.8) is 0 Å². The lowest BCUT2D eigenvalue weighted by atomic mass is 10.0. The molecular formula is C21H28ClN3O5. The van der Waals surface area contributed by atoms with Gasteiger partial charge in [-0.1, -0.05) is 17.5 Å². The lowest BCUT2D eigenvalue weighted by Crippen LogP contribution is -2.56. The van der Waals surface area contributed by atoms with E-state index in [0.717, 1.165) is 0 Å². The first-order valence-electron chi connectivity index (χ1n) is 9.73. The minimum Gasteiger partial charge on any atom is -0.477 e. The quantitative estimate of drug-likeness (QED) is 0.524. The van der Waals surface area contributed by atoms with Crippen molar-refractivity contribution in [3.05, 3.63) is 22.7 Å². The lowest BCUT2D eigenvalue weighted by Gasteiger charge is -2.37. The number of nitrogen functional groups attached to an aromatic ring is 1. The first-order valence-corrected chi connectivity index (χ1v) is 10.1. The monoisotopic (exact) mass is 437 g/mol. The number of halogens is 1. The van der Waals surface area contributed by atoms with E-state index < -0.39 is 12.2 Å². The molecule has 0 bridgehead atoms. The minimum atomic E-state index is -0.429. The van der Waals surface area contributed by atoms with Crippen molar-refractivity contribution in [2.24, 2.45) is 0 Å². The molecule has 1 saturated heterocycles. The largest absolute Gasteiger partial charge is 0.477 e. The third kappa shape index (κ3) is 5.94. The molecule has 3 N–H and O–H groups in total. The van der Waals surface area contributed by atoms with Gasteiger partial charge in [-0.2, -0.15) is 0 Å². The maximum absolute atomic E-state index is 13.0. The number of carbonyl (C=O) groups excluding carboxylic acids is 2. The number of nitrogens with one attached hydrogen (secondary N) is 1. The third-order valence-corrected chi connectivity index (χ3v) is 5.03. The predicted molar refractivity (Wildman–Crippen MR) is 115 cm³/mol. The second-order valence-corrected chi connectivity index (χ2v) is 7.22. The van der Waals surface area contributed by atoms with Gasteiger partial charge in [0.2, 0.25) is 0 Å². The molecule has 1 aromatic rings. The van der Waals surface area contributed by atoms with Gasteiger partial charge in [0.1, 0.15) is 5.75 Å². The maximum Gasteiger partial charge on any atom is 0.409 e. The van der Waals surface area contributed by atoms with Crippen LogP contribution in [0.25, 0.3) is 0 Å². The number of ether oxygens (including phenoxy) is 3. The molecule has 1 aliphatic heterocycles. The van der Waals surface area contributed by atoms with Crippen molar-refractivity contribution in [1.82, 2.24) is 10.2 Å². The number of nitrogens with two attached hydrogens (primary N) is 1. The second-order valence-electron chi connectivity index (χ2n) is 6.81. The van der Waals surface area contributed by atoms with E-state index in [1.807, 2.05) is 0 Å². The van der Waals surface area contributed by atoms with Crippen molar-refractivity contribution < 1.29 is 23.8 Å². The van der Waals surface area contributed by atoms with Crippen LogP contribution in [0, 0.1) is 11.8 Å². The van der Waals surface area contributed by atoms with Crippen LogP contribution in [0.1, 0.15) is 37.6 Å². The molecule has 3 atom stereocenters. The highest BCUT2D eigenvalue weighted by Crippen LogP contribution is 2.30. The smallest absolute Gasteiger partial charge is 0.409 e. The molecule has 2 rings (SSSR count). The number of benzene rings is 1. The molecule has 30 heavy (non-hydrogen) atoms. The normalized spacial score (nSPS) is 19.3. The number of piperidine rings is 1. The maximum atomic E-state index is 13.0. The summed E-state index contributed by atoms with van der Waals surface area (Å²) in [6.07, 6.45) is -0.691. The van der Waals surface area contributed by atoms with Gasteiger partial charge >= 0.3 is 6.09 Å². The predicted octanol–water partition coefficient (Wildman–Crippen LogP) is 2.69. The van der Waals surface area contributed by atoms with Gasteiger partial charge in [-0.05, 0) is 33.3 Å². The highest BCUT2D eigenvalue weighted by atomic mass is 35.5. The zero-order valence-electron chi connectivity index (χ0n) is 17.7. The Bertz CT molecular complexity index is 836. The average molecular weight is 438 g/mol. The minimum absolute atomic E-state index is 0.252. The zero-order chi connectivity index (χ0) is 22.3. The van der Waals surface area contributed by atoms with E-state index >= 15 is 0 Å². The summed E-state index contributed by atoms with van der Waals surface area (Å²) in [5.74, 6) is 5.56. The molecule has 9 heteroatoms. The Labute approximate surface area is 182 Å². The molecule has 1 aromatic carbocycles. The summed E-state index contributed by atoms with van der Waals surface area (Å²) < 4.78 is 16.3. The molecule has 164 valence electrons. The molecule has 0 saturated carbocycles. The summed E-state index contributed by atoms with van der Waals surface area (Å²) in [7, 11) is 1.54. The second kappa shape index (κ2) is 11.0. The number of amides is 2. The lowest BCUT2D eigenvalue weighted by molar-refractivity contribution is 0.00452. The Hall–Kier alpha value is -2.63. The molecule has 0 radical (unpaired) electrons. The van der Waals surface area contributed by atoms with Gasteiger partial charge in [0, 0.05) is 19.7 Å². The van der Waals surface area contributed by atoms with Crippen LogP contribution in [0.15, 0.2) is 12.1 Å². The number of nitrogens with zero attached hydrogens (tertiary/aromatic N) is 1. The van der Waals surface area contributed by atoms with E-state index in [1.165, 1.54) is 19.2 Å². The van der Waals surface area contributed by atoms with Crippen molar-refractivity contribution in [2.45, 2.75) is 45.4 Å². The molecule has 2 amide bonds.